The highest BCUT2D eigenvalue weighted by Crippen LogP contribution is 2.25. The average molecular weight is 373 g/mol. The molecule has 0 spiro atoms. The molecule has 0 fully saturated rings. The van der Waals surface area contributed by atoms with Gasteiger partial charge in [0.1, 0.15) is 12.4 Å². The van der Waals surface area contributed by atoms with Crippen LogP contribution in [0.3, 0.4) is 0 Å². The molecule has 2 aromatic carbocycles. The largest absolute Gasteiger partial charge is 0.492 e. The van der Waals surface area contributed by atoms with Crippen molar-refractivity contribution < 1.29 is 22.7 Å². The van der Waals surface area contributed by atoms with E-state index in [0.29, 0.717) is 10.8 Å². The molecule has 0 heterocycles. The van der Waals surface area contributed by atoms with Crippen molar-refractivity contribution in [3.63, 3.8) is 0 Å². The van der Waals surface area contributed by atoms with E-state index in [1.807, 2.05) is 13.8 Å². The Kier molecular flexibility index (Phi) is 6.14. The summed E-state index contributed by atoms with van der Waals surface area (Å²) in [5, 5.41) is 5.18. The summed E-state index contributed by atoms with van der Waals surface area (Å²) in [5.74, 6) is -3.83. The van der Waals surface area contributed by atoms with E-state index in [1.54, 1.807) is 12.1 Å². The van der Waals surface area contributed by atoms with E-state index in [2.05, 4.69) is 10.6 Å². The molecule has 0 aromatic heterocycles. The molecule has 0 aliphatic carbocycles. The minimum absolute atomic E-state index is 0.123. The van der Waals surface area contributed by atoms with Crippen LogP contribution in [0.25, 0.3) is 0 Å². The number of ether oxygens (including phenoxy) is 1. The molecule has 0 bridgehead atoms. The molecule has 2 rings (SSSR count). The number of amides is 2. The minimum atomic E-state index is -1.64. The third-order valence-electron chi connectivity index (χ3n) is 3.35. The van der Waals surface area contributed by atoms with Gasteiger partial charge in [0.15, 0.2) is 17.5 Å². The second-order valence-corrected chi connectivity index (χ2v) is 5.70. The third-order valence-corrected chi connectivity index (χ3v) is 3.95. The molecule has 4 nitrogen and oxygen atoms in total. The number of nitrogens with one attached hydrogen (secondary N) is 2. The van der Waals surface area contributed by atoms with Crippen LogP contribution in [0.1, 0.15) is 11.1 Å². The Morgan fingerprint density at radius 1 is 1.12 bits per heavy atom. The topological polar surface area (TPSA) is 50.4 Å². The first-order valence-corrected chi connectivity index (χ1v) is 7.75. The predicted octanol–water partition coefficient (Wildman–Crippen LogP) is 4.57. The van der Waals surface area contributed by atoms with Gasteiger partial charge in [-0.2, -0.15) is 0 Å². The lowest BCUT2D eigenvalue weighted by Gasteiger charge is -2.11. The number of carbonyl (C=O) groups is 1. The first-order chi connectivity index (χ1) is 11.8. The Bertz CT molecular complexity index is 777. The van der Waals surface area contributed by atoms with Crippen LogP contribution in [-0.2, 0) is 0 Å². The highest BCUT2D eigenvalue weighted by molar-refractivity contribution is 6.32. The van der Waals surface area contributed by atoms with E-state index in [0.717, 1.165) is 23.3 Å². The van der Waals surface area contributed by atoms with Gasteiger partial charge in [-0.05, 0) is 49.2 Å². The first-order valence-electron chi connectivity index (χ1n) is 7.37. The number of urea groups is 1. The van der Waals surface area contributed by atoms with Gasteiger partial charge in [0.2, 0.25) is 0 Å². The number of hydrogen-bond donors (Lipinski definition) is 2. The van der Waals surface area contributed by atoms with Gasteiger partial charge in [0.25, 0.3) is 0 Å². The molecule has 2 aromatic rings. The van der Waals surface area contributed by atoms with Crippen LogP contribution in [0.5, 0.6) is 5.75 Å². The lowest BCUT2D eigenvalue weighted by atomic mass is 10.1. The molecule has 8 heteroatoms. The monoisotopic (exact) mass is 372 g/mol. The molecule has 0 aliphatic rings. The summed E-state index contributed by atoms with van der Waals surface area (Å²) >= 11 is 6.06. The van der Waals surface area contributed by atoms with Gasteiger partial charge in [-0.15, -0.1) is 0 Å². The summed E-state index contributed by atoms with van der Waals surface area (Å²) in [6.45, 7) is 3.99. The SMILES string of the molecule is Cc1cc(OCCNC(=O)Nc2ccc(F)c(F)c2F)cc(C)c1Cl. The molecule has 0 unspecified atom stereocenters. The third kappa shape index (κ3) is 4.79. The van der Waals surface area contributed by atoms with Crippen molar-refractivity contribution in [2.45, 2.75) is 13.8 Å². The van der Waals surface area contributed by atoms with Crippen LogP contribution >= 0.6 is 11.6 Å². The Morgan fingerprint density at radius 3 is 2.40 bits per heavy atom. The van der Waals surface area contributed by atoms with Crippen LogP contribution in [0.2, 0.25) is 5.02 Å². The molecule has 25 heavy (non-hydrogen) atoms. The number of anilines is 1. The fraction of sp³-hybridized carbons (Fsp3) is 0.235. The Morgan fingerprint density at radius 2 is 1.76 bits per heavy atom. The maximum atomic E-state index is 13.4. The Labute approximate surface area is 147 Å². The van der Waals surface area contributed by atoms with Crippen LogP contribution in [-0.4, -0.2) is 19.2 Å². The van der Waals surface area contributed by atoms with Crippen molar-refractivity contribution in [3.8, 4) is 5.75 Å². The zero-order valence-corrected chi connectivity index (χ0v) is 14.3. The molecular formula is C17H16ClF3N2O2. The summed E-state index contributed by atoms with van der Waals surface area (Å²) in [6, 6.07) is 4.43. The molecule has 0 atom stereocenters. The van der Waals surface area contributed by atoms with Gasteiger partial charge in [0.05, 0.1) is 12.2 Å². The van der Waals surface area contributed by atoms with Gasteiger partial charge < -0.3 is 15.4 Å². The van der Waals surface area contributed by atoms with Crippen molar-refractivity contribution in [2.24, 2.45) is 0 Å². The summed E-state index contributed by atoms with van der Waals surface area (Å²) in [7, 11) is 0. The molecule has 0 saturated heterocycles. The normalized spacial score (nSPS) is 10.5. The second-order valence-electron chi connectivity index (χ2n) is 5.32. The summed E-state index contributed by atoms with van der Waals surface area (Å²) in [4.78, 5) is 11.6. The van der Waals surface area contributed by atoms with Crippen molar-refractivity contribution in [1.82, 2.24) is 5.32 Å². The zero-order valence-electron chi connectivity index (χ0n) is 13.6. The first kappa shape index (κ1) is 18.9. The fourth-order valence-electron chi connectivity index (χ4n) is 2.11. The highest BCUT2D eigenvalue weighted by Gasteiger charge is 2.15. The van der Waals surface area contributed by atoms with Crippen molar-refractivity contribution in [2.75, 3.05) is 18.5 Å². The number of aryl methyl sites for hydroxylation is 2. The van der Waals surface area contributed by atoms with E-state index in [-0.39, 0.29) is 13.2 Å². The standard InChI is InChI=1S/C17H16ClF3N2O2/c1-9-7-11(8-10(2)14(9)18)25-6-5-22-17(24)23-13-4-3-12(19)15(20)16(13)21/h3-4,7-8H,5-6H2,1-2H3,(H2,22,23,24). The van der Waals surface area contributed by atoms with Gasteiger partial charge in [-0.3, -0.25) is 0 Å². The highest BCUT2D eigenvalue weighted by atomic mass is 35.5. The zero-order chi connectivity index (χ0) is 18.6. The molecular weight excluding hydrogens is 357 g/mol. The number of hydrogen-bond acceptors (Lipinski definition) is 2. The summed E-state index contributed by atoms with van der Waals surface area (Å²) < 4.78 is 44.8. The van der Waals surface area contributed by atoms with E-state index in [1.165, 1.54) is 0 Å². The van der Waals surface area contributed by atoms with E-state index in [9.17, 15) is 18.0 Å². The maximum Gasteiger partial charge on any atom is 0.319 e. The molecule has 0 aliphatic heterocycles. The second kappa shape index (κ2) is 8.11. The minimum Gasteiger partial charge on any atom is -0.492 e. The van der Waals surface area contributed by atoms with E-state index < -0.39 is 29.2 Å². The van der Waals surface area contributed by atoms with Crippen LogP contribution in [0, 0.1) is 31.3 Å². The van der Waals surface area contributed by atoms with Crippen LogP contribution in [0.4, 0.5) is 23.7 Å². The van der Waals surface area contributed by atoms with E-state index in [4.69, 9.17) is 16.3 Å². The predicted molar refractivity (Wildman–Crippen MR) is 89.8 cm³/mol. The van der Waals surface area contributed by atoms with Crippen molar-refractivity contribution in [1.29, 1.82) is 0 Å². The van der Waals surface area contributed by atoms with Crippen molar-refractivity contribution >= 4 is 23.3 Å². The molecule has 2 N–H and O–H groups in total. The number of rotatable bonds is 5. The van der Waals surface area contributed by atoms with E-state index >= 15 is 0 Å². The lowest BCUT2D eigenvalue weighted by molar-refractivity contribution is 0.247. The quantitative estimate of drug-likeness (QED) is 0.596. The summed E-state index contributed by atoms with van der Waals surface area (Å²) in [5.41, 5.74) is 1.29. The van der Waals surface area contributed by atoms with Gasteiger partial charge >= 0.3 is 6.03 Å². The Balaban J connectivity index is 1.82. The molecule has 2 amide bonds. The van der Waals surface area contributed by atoms with Gasteiger partial charge in [0, 0.05) is 5.02 Å². The lowest BCUT2D eigenvalue weighted by Crippen LogP contribution is -2.32. The smallest absolute Gasteiger partial charge is 0.319 e. The average Bonchev–Trinajstić information content (AvgIpc) is 2.57. The fourth-order valence-corrected chi connectivity index (χ4v) is 2.22. The summed E-state index contributed by atoms with van der Waals surface area (Å²) in [6.07, 6.45) is 0. The molecule has 134 valence electrons. The number of benzene rings is 2. The van der Waals surface area contributed by atoms with Crippen LogP contribution < -0.4 is 15.4 Å². The van der Waals surface area contributed by atoms with Gasteiger partial charge in [-0.1, -0.05) is 11.6 Å². The number of carbonyl (C=O) groups excluding carboxylic acids is 1. The Hall–Kier alpha value is -2.41. The number of halogens is 4. The van der Waals surface area contributed by atoms with Crippen molar-refractivity contribution in [3.05, 3.63) is 57.9 Å². The van der Waals surface area contributed by atoms with Crippen LogP contribution in [0.15, 0.2) is 24.3 Å². The molecule has 0 radical (unpaired) electrons. The molecule has 0 saturated carbocycles. The van der Waals surface area contributed by atoms with Gasteiger partial charge in [-0.25, -0.2) is 18.0 Å². The maximum absolute atomic E-state index is 13.4.